The smallest absolute Gasteiger partial charge is 0.267 e. The quantitative estimate of drug-likeness (QED) is 0.442. The summed E-state index contributed by atoms with van der Waals surface area (Å²) in [5, 5.41) is 17.2. The van der Waals surface area contributed by atoms with Crippen LogP contribution in [0.5, 0.6) is 0 Å². The van der Waals surface area contributed by atoms with Gasteiger partial charge in [0.2, 0.25) is 0 Å². The number of aliphatic hydroxyl groups is 1. The Hall–Kier alpha value is -4.31. The zero-order chi connectivity index (χ0) is 25.2. The minimum absolute atomic E-state index is 0.148. The van der Waals surface area contributed by atoms with E-state index in [2.05, 4.69) is 15.2 Å². The van der Waals surface area contributed by atoms with Gasteiger partial charge in [0.25, 0.3) is 11.8 Å². The van der Waals surface area contributed by atoms with E-state index in [1.165, 1.54) is 11.2 Å². The first-order chi connectivity index (χ1) is 17.4. The molecule has 3 aromatic heterocycles. The van der Waals surface area contributed by atoms with Gasteiger partial charge in [0, 0.05) is 42.5 Å². The molecule has 1 unspecified atom stereocenters. The fourth-order valence-corrected chi connectivity index (χ4v) is 4.11. The molecule has 0 spiro atoms. The van der Waals surface area contributed by atoms with Crippen LogP contribution in [0.15, 0.2) is 65.5 Å². The number of carbonyl (C=O) groups is 2. The molecule has 1 atom stereocenters. The summed E-state index contributed by atoms with van der Waals surface area (Å²) < 4.78 is 6.95. The molecule has 0 radical (unpaired) electrons. The van der Waals surface area contributed by atoms with Gasteiger partial charge in [0.1, 0.15) is 23.8 Å². The third-order valence-corrected chi connectivity index (χ3v) is 6.23. The van der Waals surface area contributed by atoms with Crippen LogP contribution in [-0.4, -0.2) is 61.4 Å². The summed E-state index contributed by atoms with van der Waals surface area (Å²) in [6, 6.07) is 15.6. The molecule has 2 amide bonds. The monoisotopic (exact) mass is 486 g/mol. The van der Waals surface area contributed by atoms with Crippen LogP contribution in [0.25, 0.3) is 33.8 Å². The lowest BCUT2D eigenvalue weighted by atomic mass is 10.0. The summed E-state index contributed by atoms with van der Waals surface area (Å²) >= 11 is 0. The second-order valence-electron chi connectivity index (χ2n) is 8.91. The molecule has 0 bridgehead atoms. The van der Waals surface area contributed by atoms with Crippen molar-refractivity contribution in [3.63, 3.8) is 0 Å². The highest BCUT2D eigenvalue weighted by Gasteiger charge is 2.27. The molecular formula is C26H26N6O4. The van der Waals surface area contributed by atoms with Crippen LogP contribution in [0, 0.1) is 0 Å². The maximum absolute atomic E-state index is 11.9. The number of hydrogen-bond acceptors (Lipinski definition) is 7. The summed E-state index contributed by atoms with van der Waals surface area (Å²) in [7, 11) is 1.69. The number of likely N-dealkylation sites (tertiary alicyclic amines) is 1. The van der Waals surface area contributed by atoms with Crippen molar-refractivity contribution in [1.29, 1.82) is 0 Å². The van der Waals surface area contributed by atoms with E-state index in [0.717, 1.165) is 40.9 Å². The van der Waals surface area contributed by atoms with Crippen molar-refractivity contribution in [3.05, 3.63) is 66.7 Å². The Morgan fingerprint density at radius 1 is 1.06 bits per heavy atom. The number of benzene rings is 1. The number of nitrogens with two attached hydrogens (primary N) is 1. The zero-order valence-corrected chi connectivity index (χ0v) is 19.7. The van der Waals surface area contributed by atoms with Gasteiger partial charge in [-0.3, -0.25) is 14.3 Å². The number of amides is 2. The molecule has 4 aromatic rings. The predicted octanol–water partition coefficient (Wildman–Crippen LogP) is 2.91. The maximum atomic E-state index is 11.9. The Balaban J connectivity index is 0.000000286. The molecule has 10 heteroatoms. The van der Waals surface area contributed by atoms with Gasteiger partial charge in [-0.2, -0.15) is 5.10 Å². The largest absolute Gasteiger partial charge is 0.383 e. The number of carbonyl (C=O) groups excluding carboxylic acids is 2. The van der Waals surface area contributed by atoms with Gasteiger partial charge in [-0.15, -0.1) is 0 Å². The van der Waals surface area contributed by atoms with Crippen molar-refractivity contribution < 1.29 is 19.2 Å². The van der Waals surface area contributed by atoms with Gasteiger partial charge < -0.3 is 20.3 Å². The molecule has 1 aliphatic carbocycles. The normalized spacial score (nSPS) is 17.1. The van der Waals surface area contributed by atoms with Gasteiger partial charge in [-0.25, -0.2) is 4.98 Å². The number of hydrogen-bond donors (Lipinski definition) is 2. The molecule has 10 nitrogen and oxygen atoms in total. The molecule has 6 rings (SSSR count). The Morgan fingerprint density at radius 2 is 1.83 bits per heavy atom. The van der Waals surface area contributed by atoms with Crippen molar-refractivity contribution in [2.75, 3.05) is 13.6 Å². The van der Waals surface area contributed by atoms with E-state index in [1.807, 2.05) is 41.1 Å². The van der Waals surface area contributed by atoms with Crippen LogP contribution < -0.4 is 5.73 Å². The summed E-state index contributed by atoms with van der Waals surface area (Å²) in [6.45, 7) is 0.694. The van der Waals surface area contributed by atoms with E-state index in [1.54, 1.807) is 25.4 Å². The van der Waals surface area contributed by atoms with Crippen LogP contribution >= 0.6 is 0 Å². The Labute approximate surface area is 207 Å². The molecule has 1 aromatic carbocycles. The van der Waals surface area contributed by atoms with Crippen molar-refractivity contribution in [1.82, 2.24) is 24.8 Å². The molecule has 184 valence electrons. The highest BCUT2D eigenvalue weighted by Crippen LogP contribution is 2.38. The van der Waals surface area contributed by atoms with Crippen molar-refractivity contribution in [3.8, 4) is 33.8 Å². The summed E-state index contributed by atoms with van der Waals surface area (Å²) in [6.07, 6.45) is 5.42. The number of aromatic nitrogens is 4. The lowest BCUT2D eigenvalue weighted by Crippen LogP contribution is -2.24. The molecule has 1 saturated heterocycles. The zero-order valence-electron chi connectivity index (χ0n) is 19.7. The molecule has 3 N–H and O–H groups in total. The number of nitrogens with zero attached hydrogens (tertiary/aromatic N) is 5. The predicted molar refractivity (Wildman–Crippen MR) is 131 cm³/mol. The fourth-order valence-electron chi connectivity index (χ4n) is 4.11. The van der Waals surface area contributed by atoms with Crippen LogP contribution in [0.3, 0.4) is 0 Å². The summed E-state index contributed by atoms with van der Waals surface area (Å²) in [4.78, 5) is 28.5. The van der Waals surface area contributed by atoms with E-state index in [4.69, 9.17) is 15.4 Å². The number of pyridine rings is 1. The Morgan fingerprint density at radius 3 is 2.42 bits per heavy atom. The topological polar surface area (TPSA) is 140 Å². The van der Waals surface area contributed by atoms with Gasteiger partial charge in [-0.05, 0) is 43.5 Å². The van der Waals surface area contributed by atoms with Gasteiger partial charge >= 0.3 is 0 Å². The first-order valence-electron chi connectivity index (χ1n) is 11.7. The standard InChI is InChI=1S/C21H17N5O2.C5H9NO2/c22-21(27)19-12-15(20-6-8-23-26(20)16-4-5-16)11-18(24-19)14-3-1-2-13(10-14)17-7-9-28-25-17;1-6-3-2-4(7)5(6)8/h1-3,6-12,16H,4-5H2,(H2,22,27);4,7H,2-3H2,1H3. The SMILES string of the molecule is CN1CCC(O)C1=O.NC(=O)c1cc(-c2ccnn2C2CC2)cc(-c2cccc(-c3ccon3)c2)n1. The van der Waals surface area contributed by atoms with E-state index in [-0.39, 0.29) is 11.6 Å². The minimum Gasteiger partial charge on any atom is -0.383 e. The number of likely N-dealkylation sites (N-methyl/N-ethyl adjacent to an activating group) is 1. The third-order valence-electron chi connectivity index (χ3n) is 6.23. The second-order valence-corrected chi connectivity index (χ2v) is 8.91. The fraction of sp³-hybridized carbons (Fsp3) is 0.269. The van der Waals surface area contributed by atoms with E-state index >= 15 is 0 Å². The van der Waals surface area contributed by atoms with Gasteiger partial charge in [-0.1, -0.05) is 23.4 Å². The second kappa shape index (κ2) is 9.74. The van der Waals surface area contributed by atoms with Gasteiger partial charge in [0.15, 0.2) is 0 Å². The van der Waals surface area contributed by atoms with Crippen LogP contribution in [0.4, 0.5) is 0 Å². The van der Waals surface area contributed by atoms with Crippen LogP contribution in [0.2, 0.25) is 0 Å². The molecule has 2 aliphatic rings. The van der Waals surface area contributed by atoms with Crippen molar-refractivity contribution in [2.24, 2.45) is 5.73 Å². The molecule has 1 saturated carbocycles. The first-order valence-corrected chi connectivity index (χ1v) is 11.7. The highest BCUT2D eigenvalue weighted by atomic mass is 16.5. The third kappa shape index (κ3) is 4.89. The Kier molecular flexibility index (Phi) is 6.34. The number of primary amides is 1. The van der Waals surface area contributed by atoms with E-state index in [9.17, 15) is 9.59 Å². The molecular weight excluding hydrogens is 460 g/mol. The lowest BCUT2D eigenvalue weighted by Gasteiger charge is -2.10. The van der Waals surface area contributed by atoms with E-state index < -0.39 is 12.0 Å². The molecule has 1 aliphatic heterocycles. The molecule has 2 fully saturated rings. The maximum Gasteiger partial charge on any atom is 0.267 e. The van der Waals surface area contributed by atoms with Crippen LogP contribution in [-0.2, 0) is 4.79 Å². The van der Waals surface area contributed by atoms with Gasteiger partial charge in [0.05, 0.1) is 17.4 Å². The minimum atomic E-state index is -0.722. The number of rotatable bonds is 5. The van der Waals surface area contributed by atoms with Crippen molar-refractivity contribution >= 4 is 11.8 Å². The number of aliphatic hydroxyl groups excluding tert-OH is 1. The average molecular weight is 487 g/mol. The van der Waals surface area contributed by atoms with Crippen LogP contribution in [0.1, 0.15) is 35.8 Å². The summed E-state index contributed by atoms with van der Waals surface area (Å²) in [5.41, 5.74) is 10.8. The average Bonchev–Trinajstić information content (AvgIpc) is 3.26. The van der Waals surface area contributed by atoms with E-state index in [0.29, 0.717) is 24.7 Å². The molecule has 4 heterocycles. The first kappa shape index (κ1) is 23.4. The molecule has 36 heavy (non-hydrogen) atoms. The van der Waals surface area contributed by atoms with Crippen molar-refractivity contribution in [2.45, 2.75) is 31.4 Å². The highest BCUT2D eigenvalue weighted by molar-refractivity contribution is 5.93. The lowest BCUT2D eigenvalue weighted by molar-refractivity contribution is -0.133. The Bertz CT molecular complexity index is 1380. The summed E-state index contributed by atoms with van der Waals surface area (Å²) in [5.74, 6) is -0.710.